The minimum Gasteiger partial charge on any atom is -0.468 e. The van der Waals surface area contributed by atoms with E-state index in [2.05, 4.69) is 0 Å². The van der Waals surface area contributed by atoms with Crippen LogP contribution in [-0.2, 0) is 11.2 Å². The van der Waals surface area contributed by atoms with E-state index >= 15 is 0 Å². The molecule has 1 atom stereocenters. The van der Waals surface area contributed by atoms with Crippen LogP contribution in [0.3, 0.4) is 0 Å². The van der Waals surface area contributed by atoms with Crippen LogP contribution in [0.15, 0.2) is 18.2 Å². The first-order valence-electron chi connectivity index (χ1n) is 5.32. The van der Waals surface area contributed by atoms with Crippen LogP contribution in [-0.4, -0.2) is 18.5 Å². The average Bonchev–Trinajstić information content (AvgIpc) is 2.61. The Morgan fingerprint density at radius 3 is 3.13 bits per heavy atom. The minimum absolute atomic E-state index is 0.290. The van der Waals surface area contributed by atoms with Gasteiger partial charge in [-0.1, -0.05) is 6.07 Å². The number of benzene rings is 1. The SMILES string of the molecule is CCOCOc1ccc2c(c1)CC[C@@H]2O. The van der Waals surface area contributed by atoms with Gasteiger partial charge < -0.3 is 14.6 Å². The summed E-state index contributed by atoms with van der Waals surface area (Å²) in [6.07, 6.45) is 1.47. The maximum absolute atomic E-state index is 9.62. The lowest BCUT2D eigenvalue weighted by Gasteiger charge is -2.08. The molecule has 15 heavy (non-hydrogen) atoms. The Hall–Kier alpha value is -1.06. The fraction of sp³-hybridized carbons (Fsp3) is 0.500. The standard InChI is InChI=1S/C12H16O3/c1-2-14-8-15-10-4-5-11-9(7-10)3-6-12(11)13/h4-5,7,12-13H,2-3,6,8H2,1H3/t12-/m0/s1. The Morgan fingerprint density at radius 2 is 2.33 bits per heavy atom. The van der Waals surface area contributed by atoms with Gasteiger partial charge in [0.25, 0.3) is 0 Å². The molecular weight excluding hydrogens is 192 g/mol. The molecule has 0 radical (unpaired) electrons. The van der Waals surface area contributed by atoms with Crippen LogP contribution in [0.1, 0.15) is 30.6 Å². The Kier molecular flexibility index (Phi) is 3.23. The zero-order valence-electron chi connectivity index (χ0n) is 8.90. The van der Waals surface area contributed by atoms with Gasteiger partial charge in [-0.15, -0.1) is 0 Å². The summed E-state index contributed by atoms with van der Waals surface area (Å²) in [5, 5.41) is 9.62. The Morgan fingerprint density at radius 1 is 1.47 bits per heavy atom. The predicted octanol–water partition coefficient (Wildman–Crippen LogP) is 2.04. The van der Waals surface area contributed by atoms with Gasteiger partial charge in [0.2, 0.25) is 0 Å². The number of rotatable bonds is 4. The van der Waals surface area contributed by atoms with Gasteiger partial charge in [-0.05, 0) is 43.0 Å². The van der Waals surface area contributed by atoms with Gasteiger partial charge >= 0.3 is 0 Å². The lowest BCUT2D eigenvalue weighted by Crippen LogP contribution is -2.02. The summed E-state index contributed by atoms with van der Waals surface area (Å²) in [7, 11) is 0. The zero-order chi connectivity index (χ0) is 10.7. The molecule has 0 spiro atoms. The van der Waals surface area contributed by atoms with Gasteiger partial charge in [0.1, 0.15) is 5.75 Å². The van der Waals surface area contributed by atoms with E-state index in [1.807, 2.05) is 25.1 Å². The molecule has 0 amide bonds. The molecule has 1 aromatic rings. The second-order valence-corrected chi connectivity index (χ2v) is 3.67. The van der Waals surface area contributed by atoms with Gasteiger partial charge in [-0.3, -0.25) is 0 Å². The third kappa shape index (κ3) is 2.30. The molecule has 2 rings (SSSR count). The van der Waals surface area contributed by atoms with Crippen LogP contribution in [0.5, 0.6) is 5.75 Å². The van der Waals surface area contributed by atoms with Crippen molar-refractivity contribution in [3.63, 3.8) is 0 Å². The number of hydrogen-bond acceptors (Lipinski definition) is 3. The fourth-order valence-corrected chi connectivity index (χ4v) is 1.85. The average molecular weight is 208 g/mol. The highest BCUT2D eigenvalue weighted by atomic mass is 16.7. The smallest absolute Gasteiger partial charge is 0.189 e. The topological polar surface area (TPSA) is 38.7 Å². The van der Waals surface area contributed by atoms with Crippen molar-refractivity contribution >= 4 is 0 Å². The number of aliphatic hydroxyl groups excluding tert-OH is 1. The highest BCUT2D eigenvalue weighted by Gasteiger charge is 2.20. The molecule has 0 saturated heterocycles. The van der Waals surface area contributed by atoms with E-state index in [0.717, 1.165) is 24.2 Å². The second kappa shape index (κ2) is 4.64. The summed E-state index contributed by atoms with van der Waals surface area (Å²) in [4.78, 5) is 0. The van der Waals surface area contributed by atoms with Crippen LogP contribution in [0.2, 0.25) is 0 Å². The molecule has 0 unspecified atom stereocenters. The molecular formula is C12H16O3. The van der Waals surface area contributed by atoms with Crippen LogP contribution < -0.4 is 4.74 Å². The van der Waals surface area contributed by atoms with Crippen molar-refractivity contribution in [1.82, 2.24) is 0 Å². The molecule has 1 aliphatic carbocycles. The van der Waals surface area contributed by atoms with Gasteiger partial charge in [0, 0.05) is 6.61 Å². The summed E-state index contributed by atoms with van der Waals surface area (Å²) in [6, 6.07) is 5.81. The van der Waals surface area contributed by atoms with E-state index in [9.17, 15) is 5.11 Å². The van der Waals surface area contributed by atoms with Crippen molar-refractivity contribution in [2.24, 2.45) is 0 Å². The van der Waals surface area contributed by atoms with Gasteiger partial charge in [0.15, 0.2) is 6.79 Å². The first-order chi connectivity index (χ1) is 7.31. The van der Waals surface area contributed by atoms with Gasteiger partial charge in [-0.2, -0.15) is 0 Å². The summed E-state index contributed by atoms with van der Waals surface area (Å²) >= 11 is 0. The largest absolute Gasteiger partial charge is 0.468 e. The maximum Gasteiger partial charge on any atom is 0.189 e. The van der Waals surface area contributed by atoms with E-state index in [1.54, 1.807) is 0 Å². The lowest BCUT2D eigenvalue weighted by atomic mass is 10.1. The number of aryl methyl sites for hydroxylation is 1. The van der Waals surface area contributed by atoms with E-state index in [4.69, 9.17) is 9.47 Å². The number of fused-ring (bicyclic) bond motifs is 1. The fourth-order valence-electron chi connectivity index (χ4n) is 1.85. The molecule has 1 aliphatic rings. The molecule has 1 N–H and O–H groups in total. The van der Waals surface area contributed by atoms with Crippen molar-refractivity contribution in [1.29, 1.82) is 0 Å². The maximum atomic E-state index is 9.62. The molecule has 0 fully saturated rings. The molecule has 3 heteroatoms. The summed E-state index contributed by atoms with van der Waals surface area (Å²) in [6.45, 7) is 2.88. The molecule has 0 heterocycles. The van der Waals surface area contributed by atoms with Crippen LogP contribution in [0, 0.1) is 0 Å². The predicted molar refractivity (Wildman–Crippen MR) is 56.8 cm³/mol. The quantitative estimate of drug-likeness (QED) is 0.608. The highest BCUT2D eigenvalue weighted by Crippen LogP contribution is 2.33. The van der Waals surface area contributed by atoms with E-state index < -0.39 is 0 Å². The zero-order valence-corrected chi connectivity index (χ0v) is 8.90. The Labute approximate surface area is 89.6 Å². The third-order valence-electron chi connectivity index (χ3n) is 2.67. The number of ether oxygens (including phenoxy) is 2. The summed E-state index contributed by atoms with van der Waals surface area (Å²) < 4.78 is 10.5. The molecule has 1 aromatic carbocycles. The normalized spacial score (nSPS) is 18.9. The van der Waals surface area contributed by atoms with Crippen molar-refractivity contribution in [3.8, 4) is 5.75 Å². The molecule has 0 aliphatic heterocycles. The molecule has 0 aromatic heterocycles. The van der Waals surface area contributed by atoms with Crippen LogP contribution in [0.4, 0.5) is 0 Å². The summed E-state index contributed by atoms with van der Waals surface area (Å²) in [5.41, 5.74) is 2.23. The van der Waals surface area contributed by atoms with E-state index in [0.29, 0.717) is 6.61 Å². The van der Waals surface area contributed by atoms with Crippen molar-refractivity contribution < 1.29 is 14.6 Å². The molecule has 0 bridgehead atoms. The third-order valence-corrected chi connectivity index (χ3v) is 2.67. The van der Waals surface area contributed by atoms with E-state index in [1.165, 1.54) is 5.56 Å². The van der Waals surface area contributed by atoms with Crippen LogP contribution in [0.25, 0.3) is 0 Å². The Balaban J connectivity index is 2.03. The second-order valence-electron chi connectivity index (χ2n) is 3.67. The molecule has 3 nitrogen and oxygen atoms in total. The van der Waals surface area contributed by atoms with Crippen molar-refractivity contribution in [3.05, 3.63) is 29.3 Å². The van der Waals surface area contributed by atoms with Crippen molar-refractivity contribution in [2.45, 2.75) is 25.9 Å². The number of hydrogen-bond donors (Lipinski definition) is 1. The first-order valence-corrected chi connectivity index (χ1v) is 5.32. The van der Waals surface area contributed by atoms with Crippen LogP contribution >= 0.6 is 0 Å². The summed E-state index contributed by atoms with van der Waals surface area (Å²) in [5.74, 6) is 0.816. The minimum atomic E-state index is -0.291. The first kappa shape index (κ1) is 10.5. The van der Waals surface area contributed by atoms with Gasteiger partial charge in [0.05, 0.1) is 6.10 Å². The Bertz CT molecular complexity index is 336. The van der Waals surface area contributed by atoms with Gasteiger partial charge in [-0.25, -0.2) is 0 Å². The van der Waals surface area contributed by atoms with Crippen molar-refractivity contribution in [2.75, 3.05) is 13.4 Å². The molecule has 82 valence electrons. The van der Waals surface area contributed by atoms with E-state index in [-0.39, 0.29) is 12.9 Å². The number of aliphatic hydroxyl groups is 1. The highest BCUT2D eigenvalue weighted by molar-refractivity contribution is 5.39. The lowest BCUT2D eigenvalue weighted by molar-refractivity contribution is 0.0224. The molecule has 0 saturated carbocycles. The monoisotopic (exact) mass is 208 g/mol.